The van der Waals surface area contributed by atoms with Crippen LogP contribution in [0.5, 0.6) is 11.5 Å². The highest BCUT2D eigenvalue weighted by Gasteiger charge is 2.18. The average Bonchev–Trinajstić information content (AvgIpc) is 3.06. The number of rotatable bonds is 6. The van der Waals surface area contributed by atoms with Crippen LogP contribution in [0.25, 0.3) is 0 Å². The lowest BCUT2D eigenvalue weighted by atomic mass is 10.1. The summed E-state index contributed by atoms with van der Waals surface area (Å²) in [7, 11) is 1.68. The number of nitrogens with zero attached hydrogens (tertiary/aromatic N) is 2. The molecule has 0 atom stereocenters. The Kier molecular flexibility index (Phi) is 4.95. The van der Waals surface area contributed by atoms with Crippen LogP contribution < -0.4 is 14.8 Å². The molecule has 5 heteroatoms. The molecule has 1 heterocycles. The van der Waals surface area contributed by atoms with Gasteiger partial charge in [-0.25, -0.2) is 9.97 Å². The van der Waals surface area contributed by atoms with Gasteiger partial charge in [0.2, 0.25) is 0 Å². The fourth-order valence-corrected chi connectivity index (χ4v) is 2.84. The van der Waals surface area contributed by atoms with Crippen LogP contribution in [0.1, 0.15) is 36.9 Å². The highest BCUT2D eigenvalue weighted by Crippen LogP contribution is 2.30. The van der Waals surface area contributed by atoms with E-state index in [-0.39, 0.29) is 0 Å². The zero-order valence-corrected chi connectivity index (χ0v) is 13.7. The number of aryl methyl sites for hydroxylation is 1. The molecule has 122 valence electrons. The number of hydrogen-bond donors (Lipinski definition) is 1. The monoisotopic (exact) mass is 313 g/mol. The first kappa shape index (κ1) is 15.6. The molecular weight excluding hydrogens is 290 g/mol. The van der Waals surface area contributed by atoms with E-state index >= 15 is 0 Å². The van der Waals surface area contributed by atoms with E-state index in [2.05, 4.69) is 15.3 Å². The first-order valence-electron chi connectivity index (χ1n) is 8.10. The zero-order valence-electron chi connectivity index (χ0n) is 13.7. The molecule has 0 radical (unpaired) electrons. The molecule has 0 amide bonds. The largest absolute Gasteiger partial charge is 0.497 e. The van der Waals surface area contributed by atoms with Gasteiger partial charge in [-0.2, -0.15) is 0 Å². The third kappa shape index (κ3) is 4.12. The summed E-state index contributed by atoms with van der Waals surface area (Å²) in [6, 6.07) is 7.91. The van der Waals surface area contributed by atoms with E-state index in [9.17, 15) is 0 Å². The normalized spacial score (nSPS) is 14.7. The highest BCUT2D eigenvalue weighted by atomic mass is 16.5. The Morgan fingerprint density at radius 1 is 1.17 bits per heavy atom. The average molecular weight is 313 g/mol. The van der Waals surface area contributed by atoms with Crippen LogP contribution >= 0.6 is 0 Å². The van der Waals surface area contributed by atoms with E-state index in [4.69, 9.17) is 9.47 Å². The molecule has 0 bridgehead atoms. The molecule has 0 aliphatic heterocycles. The molecule has 5 nitrogen and oxygen atoms in total. The Hall–Kier alpha value is -2.30. The van der Waals surface area contributed by atoms with Crippen LogP contribution in [0.4, 0.5) is 5.82 Å². The van der Waals surface area contributed by atoms with E-state index in [1.807, 2.05) is 31.2 Å². The summed E-state index contributed by atoms with van der Waals surface area (Å²) in [5.41, 5.74) is 2.05. The van der Waals surface area contributed by atoms with Crippen molar-refractivity contribution in [1.82, 2.24) is 9.97 Å². The van der Waals surface area contributed by atoms with Crippen LogP contribution in [-0.2, 0) is 6.54 Å². The number of ether oxygens (including phenoxy) is 2. The predicted molar refractivity (Wildman–Crippen MR) is 90.0 cm³/mol. The Morgan fingerprint density at radius 3 is 2.74 bits per heavy atom. The summed E-state index contributed by atoms with van der Waals surface area (Å²) in [5.74, 6) is 2.54. The molecule has 2 aromatic rings. The van der Waals surface area contributed by atoms with Gasteiger partial charge in [0.15, 0.2) is 0 Å². The second kappa shape index (κ2) is 7.31. The van der Waals surface area contributed by atoms with Crippen molar-refractivity contribution in [2.45, 2.75) is 45.3 Å². The van der Waals surface area contributed by atoms with E-state index in [1.165, 1.54) is 12.8 Å². The number of methoxy groups -OCH3 is 1. The van der Waals surface area contributed by atoms with Crippen LogP contribution in [0.15, 0.2) is 30.6 Å². The number of benzene rings is 1. The van der Waals surface area contributed by atoms with Gasteiger partial charge in [-0.1, -0.05) is 0 Å². The maximum absolute atomic E-state index is 6.21. The first-order valence-corrected chi connectivity index (χ1v) is 8.10. The number of nitrogens with one attached hydrogen (secondary N) is 1. The topological polar surface area (TPSA) is 56.3 Å². The Morgan fingerprint density at radius 2 is 2.00 bits per heavy atom. The molecule has 3 rings (SSSR count). The highest BCUT2D eigenvalue weighted by molar-refractivity contribution is 5.44. The Labute approximate surface area is 137 Å². The van der Waals surface area contributed by atoms with Gasteiger partial charge in [0.25, 0.3) is 0 Å². The fraction of sp³-hybridized carbons (Fsp3) is 0.444. The van der Waals surface area contributed by atoms with Crippen LogP contribution in [-0.4, -0.2) is 23.2 Å². The van der Waals surface area contributed by atoms with Crippen molar-refractivity contribution in [3.05, 3.63) is 41.9 Å². The van der Waals surface area contributed by atoms with Crippen molar-refractivity contribution < 1.29 is 9.47 Å². The molecule has 1 aromatic heterocycles. The van der Waals surface area contributed by atoms with Gasteiger partial charge in [-0.05, 0) is 44.7 Å². The minimum Gasteiger partial charge on any atom is -0.497 e. The summed E-state index contributed by atoms with van der Waals surface area (Å²) < 4.78 is 11.5. The maximum atomic E-state index is 6.21. The SMILES string of the molecule is COc1ccc(CNc2cc(C)ncn2)c(OC2CCCC2)c1. The minimum absolute atomic E-state index is 0.321. The molecule has 23 heavy (non-hydrogen) atoms. The van der Waals surface area contributed by atoms with Crippen molar-refractivity contribution in [3.63, 3.8) is 0 Å². The first-order chi connectivity index (χ1) is 11.2. The second-order valence-corrected chi connectivity index (χ2v) is 5.90. The molecule has 1 saturated carbocycles. The second-order valence-electron chi connectivity index (χ2n) is 5.90. The van der Waals surface area contributed by atoms with Crippen molar-refractivity contribution in [1.29, 1.82) is 0 Å². The molecule has 1 N–H and O–H groups in total. The molecule has 1 aromatic carbocycles. The van der Waals surface area contributed by atoms with Crippen LogP contribution in [0.3, 0.4) is 0 Å². The summed E-state index contributed by atoms with van der Waals surface area (Å²) in [5, 5.41) is 3.33. The van der Waals surface area contributed by atoms with Gasteiger partial charge in [-0.15, -0.1) is 0 Å². The van der Waals surface area contributed by atoms with Gasteiger partial charge in [0.05, 0.1) is 13.2 Å². The van der Waals surface area contributed by atoms with Gasteiger partial charge in [0.1, 0.15) is 23.6 Å². The number of aromatic nitrogens is 2. The summed E-state index contributed by atoms with van der Waals surface area (Å²) >= 11 is 0. The quantitative estimate of drug-likeness (QED) is 0.880. The lowest BCUT2D eigenvalue weighted by Crippen LogP contribution is -2.13. The van der Waals surface area contributed by atoms with E-state index < -0.39 is 0 Å². The molecule has 0 saturated heterocycles. The van der Waals surface area contributed by atoms with Crippen LogP contribution in [0, 0.1) is 6.92 Å². The zero-order chi connectivity index (χ0) is 16.1. The maximum Gasteiger partial charge on any atom is 0.129 e. The Balaban J connectivity index is 1.74. The number of anilines is 1. The fourth-order valence-electron chi connectivity index (χ4n) is 2.84. The molecule has 1 aliphatic carbocycles. The van der Waals surface area contributed by atoms with Crippen LogP contribution in [0.2, 0.25) is 0 Å². The van der Waals surface area contributed by atoms with E-state index in [1.54, 1.807) is 13.4 Å². The minimum atomic E-state index is 0.321. The van der Waals surface area contributed by atoms with Crippen molar-refractivity contribution in [2.75, 3.05) is 12.4 Å². The summed E-state index contributed by atoms with van der Waals surface area (Å²) in [4.78, 5) is 8.34. The molecule has 0 unspecified atom stereocenters. The van der Waals surface area contributed by atoms with Gasteiger partial charge < -0.3 is 14.8 Å². The number of hydrogen-bond acceptors (Lipinski definition) is 5. The third-order valence-corrected chi connectivity index (χ3v) is 4.13. The summed E-state index contributed by atoms with van der Waals surface area (Å²) in [6.07, 6.45) is 6.67. The smallest absolute Gasteiger partial charge is 0.129 e. The molecular formula is C18H23N3O2. The van der Waals surface area contributed by atoms with E-state index in [0.717, 1.165) is 41.4 Å². The summed E-state index contributed by atoms with van der Waals surface area (Å²) in [6.45, 7) is 2.61. The molecule has 0 spiro atoms. The Bertz CT molecular complexity index is 654. The third-order valence-electron chi connectivity index (χ3n) is 4.13. The van der Waals surface area contributed by atoms with Crippen molar-refractivity contribution in [3.8, 4) is 11.5 Å². The predicted octanol–water partition coefficient (Wildman–Crippen LogP) is 3.73. The lowest BCUT2D eigenvalue weighted by molar-refractivity contribution is 0.207. The lowest BCUT2D eigenvalue weighted by Gasteiger charge is -2.18. The standard InChI is InChI=1S/C18H23N3O2/c1-13-9-18(21-12-20-13)19-11-14-7-8-16(22-2)10-17(14)23-15-5-3-4-6-15/h7-10,12,15H,3-6,11H2,1-2H3,(H,19,20,21). The van der Waals surface area contributed by atoms with Gasteiger partial charge in [0, 0.05) is 29.9 Å². The van der Waals surface area contributed by atoms with Gasteiger partial charge in [-0.3, -0.25) is 0 Å². The van der Waals surface area contributed by atoms with Crippen molar-refractivity contribution in [2.24, 2.45) is 0 Å². The molecule has 1 aliphatic rings. The molecule has 1 fully saturated rings. The van der Waals surface area contributed by atoms with Crippen molar-refractivity contribution >= 4 is 5.82 Å². The van der Waals surface area contributed by atoms with E-state index in [0.29, 0.717) is 12.6 Å². The van der Waals surface area contributed by atoms with Gasteiger partial charge >= 0.3 is 0 Å².